The molecule has 0 atom stereocenters. The summed E-state index contributed by atoms with van der Waals surface area (Å²) < 4.78 is 29.4. The zero-order valence-electron chi connectivity index (χ0n) is 23.6. The van der Waals surface area contributed by atoms with E-state index < -0.39 is 5.82 Å². The van der Waals surface area contributed by atoms with Crippen LogP contribution in [0.2, 0.25) is 0 Å². The molecule has 0 saturated carbocycles. The summed E-state index contributed by atoms with van der Waals surface area (Å²) in [6.07, 6.45) is 6.71. The highest BCUT2D eigenvalue weighted by atomic mass is 19.1. The summed E-state index contributed by atoms with van der Waals surface area (Å²) in [5.74, 6) is 0.512. The molecule has 1 amide bonds. The molecule has 4 aromatic rings. The van der Waals surface area contributed by atoms with Gasteiger partial charge in [-0.1, -0.05) is 6.07 Å². The fourth-order valence-electron chi connectivity index (χ4n) is 4.67. The maximum atomic E-state index is 15.4. The number of hydrogen-bond donors (Lipinski definition) is 1. The molecule has 2 aromatic carbocycles. The summed E-state index contributed by atoms with van der Waals surface area (Å²) in [4.78, 5) is 23.6. The molecule has 3 heterocycles. The molecule has 2 aromatic heterocycles. The molecule has 0 radical (unpaired) electrons. The number of likely N-dealkylation sites (tertiary alicyclic amines) is 1. The van der Waals surface area contributed by atoms with Crippen molar-refractivity contribution in [1.29, 1.82) is 0 Å². The van der Waals surface area contributed by atoms with E-state index in [2.05, 4.69) is 32.3 Å². The van der Waals surface area contributed by atoms with Crippen molar-refractivity contribution in [3.05, 3.63) is 66.0 Å². The van der Waals surface area contributed by atoms with Crippen molar-refractivity contribution < 1.29 is 18.7 Å². The second-order valence-corrected chi connectivity index (χ2v) is 11.3. The van der Waals surface area contributed by atoms with E-state index in [1.54, 1.807) is 36.1 Å². The third-order valence-corrected chi connectivity index (χ3v) is 7.07. The molecule has 210 valence electrons. The van der Waals surface area contributed by atoms with Crippen LogP contribution >= 0.6 is 0 Å². The molecule has 0 bridgehead atoms. The number of hydrogen-bond acceptors (Lipinski definition) is 7. The topological polar surface area (TPSA) is 94.4 Å². The van der Waals surface area contributed by atoms with Gasteiger partial charge in [0.2, 0.25) is 11.8 Å². The fourth-order valence-corrected chi connectivity index (χ4v) is 4.67. The largest absolute Gasteiger partial charge is 0.490 e. The lowest BCUT2D eigenvalue weighted by Gasteiger charge is -2.29. The lowest BCUT2D eigenvalue weighted by Crippen LogP contribution is -2.35. The number of ether oxygens (including phenoxy) is 2. The van der Waals surface area contributed by atoms with Crippen LogP contribution in [0.4, 0.5) is 10.1 Å². The number of aromatic nitrogens is 4. The number of piperidine rings is 1. The number of amides is 1. The molecular formula is C30H35FN6O3. The summed E-state index contributed by atoms with van der Waals surface area (Å²) in [5.41, 5.74) is 1.61. The van der Waals surface area contributed by atoms with Crippen LogP contribution in [0.3, 0.4) is 0 Å². The first-order valence-corrected chi connectivity index (χ1v) is 13.5. The molecule has 9 nitrogen and oxygen atoms in total. The van der Waals surface area contributed by atoms with Gasteiger partial charge in [-0.2, -0.15) is 5.10 Å². The summed E-state index contributed by atoms with van der Waals surface area (Å²) in [6, 6.07) is 8.86. The number of carbonyl (C=O) groups is 1. The first-order valence-electron chi connectivity index (χ1n) is 13.5. The normalized spacial score (nSPS) is 14.8. The van der Waals surface area contributed by atoms with E-state index in [0.29, 0.717) is 28.2 Å². The van der Waals surface area contributed by atoms with Crippen LogP contribution in [0.25, 0.3) is 10.9 Å². The number of rotatable bonds is 7. The standard InChI is InChI=1S/C30H35FN6O3/c1-19-26(9-6-20(28(19)31)14-27(38)35-21-16-34-37(17-21)30(2,3)4)40-29-24-15-23(7-8-25(24)32-18-33-29)39-22-10-12-36(5)13-11-22/h6-9,15-18,22H,10-14H2,1-5H3,(H,35,38). The fraction of sp³-hybridized carbons (Fsp3) is 0.400. The van der Waals surface area contributed by atoms with Crippen molar-refractivity contribution in [2.24, 2.45) is 0 Å². The van der Waals surface area contributed by atoms with Gasteiger partial charge in [0.15, 0.2) is 0 Å². The van der Waals surface area contributed by atoms with Crippen molar-refractivity contribution in [3.8, 4) is 17.4 Å². The third kappa shape index (κ3) is 6.22. The number of carbonyl (C=O) groups excluding carboxylic acids is 1. The molecule has 40 heavy (non-hydrogen) atoms. The highest BCUT2D eigenvalue weighted by Gasteiger charge is 2.20. The third-order valence-electron chi connectivity index (χ3n) is 7.07. The van der Waals surface area contributed by atoms with Crippen LogP contribution in [0.5, 0.6) is 17.4 Å². The molecule has 1 fully saturated rings. The number of nitrogens with one attached hydrogen (secondary N) is 1. The molecule has 0 aliphatic carbocycles. The number of nitrogens with zero attached hydrogens (tertiary/aromatic N) is 5. The van der Waals surface area contributed by atoms with Gasteiger partial charge in [0.05, 0.1) is 34.7 Å². The van der Waals surface area contributed by atoms with Gasteiger partial charge in [-0.25, -0.2) is 14.4 Å². The Balaban J connectivity index is 1.30. The average molecular weight is 547 g/mol. The van der Waals surface area contributed by atoms with Gasteiger partial charge in [0.25, 0.3) is 0 Å². The molecule has 1 aliphatic rings. The van der Waals surface area contributed by atoms with Crippen LogP contribution in [0.15, 0.2) is 49.1 Å². The lowest BCUT2D eigenvalue weighted by atomic mass is 10.1. The Bertz CT molecular complexity index is 1520. The van der Waals surface area contributed by atoms with Gasteiger partial charge in [-0.3, -0.25) is 9.48 Å². The Morgan fingerprint density at radius 2 is 1.93 bits per heavy atom. The average Bonchev–Trinajstić information content (AvgIpc) is 3.39. The summed E-state index contributed by atoms with van der Waals surface area (Å²) in [5, 5.41) is 7.74. The van der Waals surface area contributed by atoms with Crippen molar-refractivity contribution in [3.63, 3.8) is 0 Å². The second-order valence-electron chi connectivity index (χ2n) is 11.3. The molecule has 10 heteroatoms. The number of fused-ring (bicyclic) bond motifs is 1. The highest BCUT2D eigenvalue weighted by molar-refractivity contribution is 5.92. The van der Waals surface area contributed by atoms with Crippen LogP contribution in [0.1, 0.15) is 44.7 Å². The molecule has 0 unspecified atom stereocenters. The monoisotopic (exact) mass is 546 g/mol. The van der Waals surface area contributed by atoms with E-state index >= 15 is 4.39 Å². The summed E-state index contributed by atoms with van der Waals surface area (Å²) in [6.45, 7) is 9.67. The summed E-state index contributed by atoms with van der Waals surface area (Å²) >= 11 is 0. The van der Waals surface area contributed by atoms with Crippen LogP contribution < -0.4 is 14.8 Å². The van der Waals surface area contributed by atoms with Crippen LogP contribution in [0, 0.1) is 12.7 Å². The quantitative estimate of drug-likeness (QED) is 0.328. The number of benzene rings is 2. The van der Waals surface area contributed by atoms with Gasteiger partial charge in [-0.05, 0) is 77.4 Å². The van der Waals surface area contributed by atoms with Gasteiger partial charge in [0, 0.05) is 24.8 Å². The van der Waals surface area contributed by atoms with Crippen LogP contribution in [-0.2, 0) is 16.8 Å². The molecule has 0 spiro atoms. The minimum Gasteiger partial charge on any atom is -0.490 e. The second kappa shape index (κ2) is 11.2. The Hall–Kier alpha value is -4.05. The number of halogens is 1. The van der Waals surface area contributed by atoms with Gasteiger partial charge >= 0.3 is 0 Å². The maximum absolute atomic E-state index is 15.4. The minimum absolute atomic E-state index is 0.123. The first kappa shape index (κ1) is 27.5. The first-order chi connectivity index (χ1) is 19.1. The van der Waals surface area contributed by atoms with Crippen molar-refractivity contribution in [2.75, 3.05) is 25.5 Å². The Kier molecular flexibility index (Phi) is 7.71. The van der Waals surface area contributed by atoms with Crippen molar-refractivity contribution in [1.82, 2.24) is 24.6 Å². The summed E-state index contributed by atoms with van der Waals surface area (Å²) in [7, 11) is 2.11. The molecule has 1 saturated heterocycles. The van der Waals surface area contributed by atoms with E-state index in [-0.39, 0.29) is 35.1 Å². The Morgan fingerprint density at radius 3 is 2.65 bits per heavy atom. The maximum Gasteiger partial charge on any atom is 0.230 e. The molecular weight excluding hydrogens is 511 g/mol. The van der Waals surface area contributed by atoms with E-state index in [0.717, 1.165) is 31.7 Å². The Labute approximate surface area is 233 Å². The smallest absolute Gasteiger partial charge is 0.230 e. The van der Waals surface area contributed by atoms with Gasteiger partial charge < -0.3 is 19.7 Å². The molecule has 1 N–H and O–H groups in total. The minimum atomic E-state index is -0.498. The van der Waals surface area contributed by atoms with E-state index in [1.807, 2.05) is 39.0 Å². The zero-order valence-corrected chi connectivity index (χ0v) is 23.6. The zero-order chi connectivity index (χ0) is 28.4. The van der Waals surface area contributed by atoms with Crippen molar-refractivity contribution in [2.45, 2.75) is 58.6 Å². The van der Waals surface area contributed by atoms with E-state index in [1.165, 1.54) is 6.33 Å². The highest BCUT2D eigenvalue weighted by Crippen LogP contribution is 2.33. The molecule has 5 rings (SSSR count). The SMILES string of the molecule is Cc1c(Oc2ncnc3ccc(OC4CCN(C)CC4)cc23)ccc(CC(=O)Nc2cnn(C(C)(C)C)c2)c1F. The van der Waals surface area contributed by atoms with Crippen LogP contribution in [-0.4, -0.2) is 56.8 Å². The van der Waals surface area contributed by atoms with E-state index in [4.69, 9.17) is 9.47 Å². The number of anilines is 1. The van der Waals surface area contributed by atoms with E-state index in [9.17, 15) is 4.79 Å². The predicted octanol–water partition coefficient (Wildman–Crippen LogP) is 5.48. The predicted molar refractivity (Wildman–Crippen MR) is 151 cm³/mol. The van der Waals surface area contributed by atoms with Crippen molar-refractivity contribution >= 4 is 22.5 Å². The Morgan fingerprint density at radius 1 is 1.15 bits per heavy atom. The van der Waals surface area contributed by atoms with Gasteiger partial charge in [-0.15, -0.1) is 0 Å². The van der Waals surface area contributed by atoms with Gasteiger partial charge in [0.1, 0.15) is 29.7 Å². The molecule has 1 aliphatic heterocycles. The lowest BCUT2D eigenvalue weighted by molar-refractivity contribution is -0.115.